The molecule has 0 aromatic heterocycles. The molecule has 1 aromatic rings. The molecule has 0 bridgehead atoms. The van der Waals surface area contributed by atoms with E-state index in [1.165, 1.54) is 11.3 Å². The molecule has 0 radical (unpaired) electrons. The number of aliphatic imine (C=N–C) groups is 1. The highest BCUT2D eigenvalue weighted by atomic mass is 15.3. The number of amidine groups is 1. The van der Waals surface area contributed by atoms with E-state index in [4.69, 9.17) is 0 Å². The van der Waals surface area contributed by atoms with E-state index in [-0.39, 0.29) is 5.54 Å². The number of benzene rings is 1. The third kappa shape index (κ3) is 1.47. The van der Waals surface area contributed by atoms with Gasteiger partial charge in [-0.1, -0.05) is 24.3 Å². The lowest BCUT2D eigenvalue weighted by Crippen LogP contribution is -2.55. The van der Waals surface area contributed by atoms with Crippen molar-refractivity contribution in [3.63, 3.8) is 0 Å². The Hall–Kier alpha value is -1.77. The van der Waals surface area contributed by atoms with Crippen LogP contribution in [0.15, 0.2) is 41.9 Å². The molecule has 0 unspecified atom stereocenters. The maximum Gasteiger partial charge on any atom is 0.123 e. The van der Waals surface area contributed by atoms with Gasteiger partial charge < -0.3 is 10.2 Å². The van der Waals surface area contributed by atoms with Gasteiger partial charge in [-0.15, -0.1) is 6.58 Å². The number of hydrogen-bond acceptors (Lipinski definition) is 3. The van der Waals surface area contributed by atoms with Gasteiger partial charge in [-0.25, -0.2) is 0 Å². The van der Waals surface area contributed by atoms with Crippen molar-refractivity contribution in [1.82, 2.24) is 5.32 Å². The van der Waals surface area contributed by atoms with Crippen LogP contribution in [0.3, 0.4) is 0 Å². The van der Waals surface area contributed by atoms with Gasteiger partial charge >= 0.3 is 0 Å². The van der Waals surface area contributed by atoms with Crippen LogP contribution in [0.1, 0.15) is 12.0 Å². The lowest BCUT2D eigenvalue weighted by Gasteiger charge is -2.37. The van der Waals surface area contributed by atoms with E-state index in [1.54, 1.807) is 0 Å². The van der Waals surface area contributed by atoms with Gasteiger partial charge in [-0.3, -0.25) is 4.99 Å². The number of para-hydroxylation sites is 1. The molecule has 2 heterocycles. The van der Waals surface area contributed by atoms with Gasteiger partial charge in [0.2, 0.25) is 0 Å². The zero-order valence-corrected chi connectivity index (χ0v) is 10.8. The number of rotatable bonds is 3. The quantitative estimate of drug-likeness (QED) is 0.820. The second-order valence-electron chi connectivity index (χ2n) is 5.05. The smallest absolute Gasteiger partial charge is 0.123 e. The largest absolute Gasteiger partial charge is 0.370 e. The summed E-state index contributed by atoms with van der Waals surface area (Å²) in [6.07, 6.45) is 3.94. The van der Waals surface area contributed by atoms with E-state index in [2.05, 4.69) is 53.1 Å². The number of anilines is 1. The van der Waals surface area contributed by atoms with Gasteiger partial charge in [0, 0.05) is 25.7 Å². The van der Waals surface area contributed by atoms with Crippen LogP contribution < -0.4 is 10.2 Å². The Labute approximate surface area is 108 Å². The molecule has 0 saturated carbocycles. The van der Waals surface area contributed by atoms with E-state index in [0.29, 0.717) is 0 Å². The Morgan fingerprint density at radius 3 is 3.00 bits per heavy atom. The summed E-state index contributed by atoms with van der Waals surface area (Å²) in [5.41, 5.74) is 2.66. The molecule has 0 spiro atoms. The number of likely N-dealkylation sites (N-methyl/N-ethyl adjacent to an activating group) is 1. The Bertz CT molecular complexity index is 506. The van der Waals surface area contributed by atoms with E-state index >= 15 is 0 Å². The van der Waals surface area contributed by atoms with Gasteiger partial charge in [-0.05, 0) is 18.1 Å². The molecule has 0 amide bonds. The van der Waals surface area contributed by atoms with Crippen molar-refractivity contribution in [2.75, 3.05) is 25.0 Å². The molecule has 1 N–H and O–H groups in total. The Balaban J connectivity index is 2.05. The van der Waals surface area contributed by atoms with E-state index < -0.39 is 0 Å². The van der Waals surface area contributed by atoms with Crippen LogP contribution in [0.5, 0.6) is 0 Å². The monoisotopic (exact) mass is 241 g/mol. The average Bonchev–Trinajstić information content (AvgIpc) is 2.99. The highest BCUT2D eigenvalue weighted by molar-refractivity contribution is 5.98. The standard InChI is InChI=1S/C15H19N3/c1-3-8-15(14-16-9-10-17-14)11-12-6-4-5-7-13(12)18(15)2/h3-7H,1,8-11H2,2H3,(H,16,17)/t15-/m0/s1. The minimum absolute atomic E-state index is 0.0536. The Kier molecular flexibility index (Phi) is 2.62. The Morgan fingerprint density at radius 2 is 2.33 bits per heavy atom. The van der Waals surface area contributed by atoms with Crippen molar-refractivity contribution in [1.29, 1.82) is 0 Å². The molecule has 1 atom stereocenters. The van der Waals surface area contributed by atoms with Gasteiger partial charge in [0.25, 0.3) is 0 Å². The summed E-state index contributed by atoms with van der Waals surface area (Å²) < 4.78 is 0. The highest BCUT2D eigenvalue weighted by Gasteiger charge is 2.45. The van der Waals surface area contributed by atoms with Crippen molar-refractivity contribution >= 4 is 11.5 Å². The lowest BCUT2D eigenvalue weighted by atomic mass is 9.89. The maximum atomic E-state index is 4.66. The van der Waals surface area contributed by atoms with Crippen molar-refractivity contribution in [3.8, 4) is 0 Å². The molecular formula is C15H19N3. The third-order valence-electron chi connectivity index (χ3n) is 4.07. The fraction of sp³-hybridized carbons (Fsp3) is 0.400. The van der Waals surface area contributed by atoms with Crippen molar-refractivity contribution in [2.45, 2.75) is 18.4 Å². The lowest BCUT2D eigenvalue weighted by molar-refractivity contribution is 0.556. The van der Waals surface area contributed by atoms with Crippen molar-refractivity contribution in [3.05, 3.63) is 42.5 Å². The third-order valence-corrected chi connectivity index (χ3v) is 4.07. The fourth-order valence-corrected chi connectivity index (χ4v) is 3.15. The first-order valence-corrected chi connectivity index (χ1v) is 6.49. The molecule has 1 aromatic carbocycles. The molecule has 94 valence electrons. The van der Waals surface area contributed by atoms with Crippen LogP contribution in [0, 0.1) is 0 Å². The minimum atomic E-state index is -0.0536. The number of nitrogens with one attached hydrogen (secondary N) is 1. The second-order valence-corrected chi connectivity index (χ2v) is 5.05. The molecule has 18 heavy (non-hydrogen) atoms. The topological polar surface area (TPSA) is 27.6 Å². The molecule has 0 saturated heterocycles. The summed E-state index contributed by atoms with van der Waals surface area (Å²) in [6, 6.07) is 8.62. The predicted octanol–water partition coefficient (Wildman–Crippen LogP) is 2.00. The van der Waals surface area contributed by atoms with Crippen LogP contribution in [0.25, 0.3) is 0 Å². The van der Waals surface area contributed by atoms with E-state index in [9.17, 15) is 0 Å². The summed E-state index contributed by atoms with van der Waals surface area (Å²) in [5.74, 6) is 1.13. The maximum absolute atomic E-state index is 4.66. The van der Waals surface area contributed by atoms with Gasteiger partial charge in [-0.2, -0.15) is 0 Å². The van der Waals surface area contributed by atoms with E-state index in [0.717, 1.165) is 31.8 Å². The summed E-state index contributed by atoms with van der Waals surface area (Å²) in [5, 5.41) is 3.45. The average molecular weight is 241 g/mol. The molecule has 3 nitrogen and oxygen atoms in total. The Morgan fingerprint density at radius 1 is 1.50 bits per heavy atom. The minimum Gasteiger partial charge on any atom is -0.370 e. The first-order chi connectivity index (χ1) is 8.78. The summed E-state index contributed by atoms with van der Waals surface area (Å²) >= 11 is 0. The van der Waals surface area contributed by atoms with Crippen molar-refractivity contribution < 1.29 is 0 Å². The number of fused-ring (bicyclic) bond motifs is 1. The normalized spacial score (nSPS) is 25.6. The van der Waals surface area contributed by atoms with Crippen LogP contribution in [-0.4, -0.2) is 31.5 Å². The first-order valence-electron chi connectivity index (χ1n) is 6.49. The molecule has 3 rings (SSSR count). The van der Waals surface area contributed by atoms with Gasteiger partial charge in [0.05, 0.1) is 6.54 Å². The molecule has 3 heteroatoms. The highest BCUT2D eigenvalue weighted by Crippen LogP contribution is 2.40. The molecule has 2 aliphatic rings. The van der Waals surface area contributed by atoms with Crippen LogP contribution in [0.4, 0.5) is 5.69 Å². The molecular weight excluding hydrogens is 222 g/mol. The SMILES string of the molecule is C=CC[C@@]1(C2=NCCN2)Cc2ccccc2N1C. The van der Waals surface area contributed by atoms with Crippen LogP contribution in [0.2, 0.25) is 0 Å². The van der Waals surface area contributed by atoms with Crippen LogP contribution in [-0.2, 0) is 6.42 Å². The van der Waals surface area contributed by atoms with Crippen molar-refractivity contribution in [2.24, 2.45) is 4.99 Å². The van der Waals surface area contributed by atoms with Gasteiger partial charge in [0.15, 0.2) is 0 Å². The molecule has 2 aliphatic heterocycles. The number of nitrogens with zero attached hydrogens (tertiary/aromatic N) is 2. The van der Waals surface area contributed by atoms with Gasteiger partial charge in [0.1, 0.15) is 11.4 Å². The zero-order chi connectivity index (χ0) is 12.6. The fourth-order valence-electron chi connectivity index (χ4n) is 3.15. The number of hydrogen-bond donors (Lipinski definition) is 1. The van der Waals surface area contributed by atoms with Crippen LogP contribution >= 0.6 is 0 Å². The van der Waals surface area contributed by atoms with E-state index in [1.807, 2.05) is 6.08 Å². The molecule has 0 aliphatic carbocycles. The second kappa shape index (κ2) is 4.16. The summed E-state index contributed by atoms with van der Waals surface area (Å²) in [6.45, 7) is 5.77. The first kappa shape index (κ1) is 11.3. The summed E-state index contributed by atoms with van der Waals surface area (Å²) in [4.78, 5) is 7.02. The predicted molar refractivity (Wildman–Crippen MR) is 76.4 cm³/mol. The summed E-state index contributed by atoms with van der Waals surface area (Å²) in [7, 11) is 2.16. The molecule has 0 fully saturated rings. The zero-order valence-electron chi connectivity index (χ0n) is 10.8.